The van der Waals surface area contributed by atoms with Gasteiger partial charge in [-0.15, -0.1) is 0 Å². The van der Waals surface area contributed by atoms with Crippen molar-refractivity contribution < 1.29 is 23.8 Å². The van der Waals surface area contributed by atoms with Crippen molar-refractivity contribution in [1.82, 2.24) is 9.97 Å². The van der Waals surface area contributed by atoms with Gasteiger partial charge >= 0.3 is 11.9 Å². The minimum absolute atomic E-state index is 0.00649. The number of hydrogen-bond donors (Lipinski definition) is 2. The highest BCUT2D eigenvalue weighted by Crippen LogP contribution is 2.43. The van der Waals surface area contributed by atoms with E-state index in [1.54, 1.807) is 61.7 Å². The van der Waals surface area contributed by atoms with Crippen molar-refractivity contribution >= 4 is 28.7 Å². The number of rotatable bonds is 6. The summed E-state index contributed by atoms with van der Waals surface area (Å²) in [5.41, 5.74) is 9.84. The number of nitriles is 1. The maximum absolute atomic E-state index is 13.2. The van der Waals surface area contributed by atoms with E-state index in [2.05, 4.69) is 16.0 Å². The van der Waals surface area contributed by atoms with Gasteiger partial charge in [0.1, 0.15) is 23.1 Å². The van der Waals surface area contributed by atoms with Crippen LogP contribution in [0.5, 0.6) is 5.75 Å². The maximum Gasteiger partial charge on any atom is 0.355 e. The number of ether oxygens (including phenoxy) is 3. The number of carbonyl (C=O) groups is 2. The molecule has 3 N–H and O–H groups in total. The number of fused-ring (bicyclic) bond motifs is 1. The van der Waals surface area contributed by atoms with Crippen LogP contribution in [0.2, 0.25) is 0 Å². The fourth-order valence-electron chi connectivity index (χ4n) is 4.80. The van der Waals surface area contributed by atoms with Crippen molar-refractivity contribution in [2.45, 2.75) is 5.92 Å². The molecule has 0 fully saturated rings. The molecule has 2 heterocycles. The molecule has 1 aromatic heterocycles. The quantitative estimate of drug-likeness (QED) is 0.348. The van der Waals surface area contributed by atoms with Crippen LogP contribution < -0.4 is 15.4 Å². The lowest BCUT2D eigenvalue weighted by atomic mass is 9.81. The van der Waals surface area contributed by atoms with E-state index < -0.39 is 17.9 Å². The van der Waals surface area contributed by atoms with Crippen LogP contribution >= 0.6 is 0 Å². The van der Waals surface area contributed by atoms with Crippen LogP contribution in [0.15, 0.2) is 95.5 Å². The van der Waals surface area contributed by atoms with E-state index >= 15 is 0 Å². The van der Waals surface area contributed by atoms with E-state index in [0.29, 0.717) is 22.8 Å². The molecule has 0 amide bonds. The van der Waals surface area contributed by atoms with Gasteiger partial charge in [-0.05, 0) is 42.0 Å². The Balaban J connectivity index is 1.65. The van der Waals surface area contributed by atoms with Crippen LogP contribution in [0.4, 0.5) is 5.69 Å². The molecule has 3 aromatic carbocycles. The first-order chi connectivity index (χ1) is 19.4. The highest BCUT2D eigenvalue weighted by molar-refractivity contribution is 6.06. The van der Waals surface area contributed by atoms with Crippen LogP contribution in [0.25, 0.3) is 22.4 Å². The predicted molar refractivity (Wildman–Crippen MR) is 148 cm³/mol. The Morgan fingerprint density at radius 2 is 1.68 bits per heavy atom. The fraction of sp³-hybridized carbons (Fsp3) is 0.133. The van der Waals surface area contributed by atoms with Gasteiger partial charge in [0.05, 0.1) is 55.5 Å². The lowest BCUT2D eigenvalue weighted by molar-refractivity contribution is -0.139. The van der Waals surface area contributed by atoms with Crippen LogP contribution in [0.3, 0.4) is 0 Å². The predicted octanol–water partition coefficient (Wildman–Crippen LogP) is 4.14. The van der Waals surface area contributed by atoms with Gasteiger partial charge in [0.2, 0.25) is 0 Å². The lowest BCUT2D eigenvalue weighted by Crippen LogP contribution is -2.40. The van der Waals surface area contributed by atoms with Gasteiger partial charge in [0.25, 0.3) is 0 Å². The number of esters is 2. The molecule has 0 aliphatic carbocycles. The van der Waals surface area contributed by atoms with E-state index in [-0.39, 0.29) is 22.7 Å². The Kier molecular flexibility index (Phi) is 6.95. The van der Waals surface area contributed by atoms with E-state index in [0.717, 1.165) is 16.6 Å². The summed E-state index contributed by atoms with van der Waals surface area (Å²) in [6.45, 7) is 0. The second-order valence-electron chi connectivity index (χ2n) is 8.85. The second-order valence-corrected chi connectivity index (χ2v) is 8.85. The number of nitrogens with two attached hydrogens (primary N) is 1. The number of aromatic nitrogens is 2. The summed E-state index contributed by atoms with van der Waals surface area (Å²) in [5.74, 6) is -1.21. The second kappa shape index (κ2) is 10.7. The lowest BCUT2D eigenvalue weighted by Gasteiger charge is -2.35. The van der Waals surface area contributed by atoms with Gasteiger partial charge in [0, 0.05) is 17.3 Å². The van der Waals surface area contributed by atoms with E-state index in [1.807, 2.05) is 18.2 Å². The third-order valence-electron chi connectivity index (χ3n) is 6.70. The molecular weight excluding hydrogens is 510 g/mol. The van der Waals surface area contributed by atoms with E-state index in [1.165, 1.54) is 19.1 Å². The zero-order valence-electron chi connectivity index (χ0n) is 22.0. The van der Waals surface area contributed by atoms with Gasteiger partial charge in [-0.2, -0.15) is 5.26 Å². The number of nitrogens with one attached hydrogen (secondary N) is 1. The minimum Gasteiger partial charge on any atom is -0.497 e. The first-order valence-corrected chi connectivity index (χ1v) is 12.2. The van der Waals surface area contributed by atoms with Crippen molar-refractivity contribution in [1.29, 1.82) is 5.26 Å². The Morgan fingerprint density at radius 3 is 2.30 bits per heavy atom. The number of H-pyrrole nitrogens is 1. The number of hydrogen-bond acceptors (Lipinski definition) is 9. The number of methoxy groups -OCH3 is 3. The number of aromatic amines is 1. The molecule has 40 heavy (non-hydrogen) atoms. The zero-order chi connectivity index (χ0) is 28.4. The van der Waals surface area contributed by atoms with Crippen molar-refractivity contribution in [3.05, 3.63) is 101 Å². The molecule has 1 aliphatic heterocycles. The average Bonchev–Trinajstić information content (AvgIpc) is 3.43. The third kappa shape index (κ3) is 4.39. The summed E-state index contributed by atoms with van der Waals surface area (Å²) >= 11 is 0. The Morgan fingerprint density at radius 1 is 0.975 bits per heavy atom. The first-order valence-electron chi connectivity index (χ1n) is 12.2. The molecular formula is C30H25N5O5. The molecule has 10 nitrogen and oxygen atoms in total. The van der Waals surface area contributed by atoms with Crippen LogP contribution in [-0.2, 0) is 19.1 Å². The van der Waals surface area contributed by atoms with Crippen LogP contribution in [0.1, 0.15) is 11.5 Å². The highest BCUT2D eigenvalue weighted by Gasteiger charge is 2.42. The number of nitrogens with zero attached hydrogens (tertiary/aromatic N) is 3. The molecule has 1 aliphatic rings. The number of imidazole rings is 1. The van der Waals surface area contributed by atoms with Crippen molar-refractivity contribution in [3.8, 4) is 23.2 Å². The van der Waals surface area contributed by atoms with Gasteiger partial charge in [-0.25, -0.2) is 14.6 Å². The summed E-state index contributed by atoms with van der Waals surface area (Å²) in [6, 6.07) is 23.5. The Labute approximate surface area is 229 Å². The monoisotopic (exact) mass is 535 g/mol. The molecule has 1 unspecified atom stereocenters. The summed E-state index contributed by atoms with van der Waals surface area (Å²) in [4.78, 5) is 35.7. The zero-order valence-corrected chi connectivity index (χ0v) is 22.0. The molecule has 200 valence electrons. The Bertz CT molecular complexity index is 1710. The topological polar surface area (TPSA) is 144 Å². The summed E-state index contributed by atoms with van der Waals surface area (Å²) in [6.07, 6.45) is 0. The smallest absolute Gasteiger partial charge is 0.355 e. The van der Waals surface area contributed by atoms with E-state index in [4.69, 9.17) is 19.9 Å². The largest absolute Gasteiger partial charge is 0.497 e. The average molecular weight is 536 g/mol. The molecule has 0 saturated carbocycles. The van der Waals surface area contributed by atoms with Gasteiger partial charge in [-0.1, -0.05) is 30.3 Å². The SMILES string of the molecule is COC(=O)C1=C(C(=O)OC)N(c2ccc(-c3nc4ccc(OC)cc4[nH]3)cc2)C(N)=C(C#N)C1c1ccccc1. The molecule has 0 spiro atoms. The highest BCUT2D eigenvalue weighted by atomic mass is 16.5. The molecule has 10 heteroatoms. The standard InChI is InChI=1S/C30H25N5O5/c1-38-20-13-14-22-23(15-20)34-28(33-22)18-9-11-19(12-10-18)35-26(30(37)40-3)25(29(36)39-2)24(21(16-31)27(35)32)17-7-5-4-6-8-17/h4-15,24H,32H2,1-3H3,(H,33,34). The summed E-state index contributed by atoms with van der Waals surface area (Å²) < 4.78 is 15.4. The molecule has 0 saturated heterocycles. The molecule has 1 atom stereocenters. The summed E-state index contributed by atoms with van der Waals surface area (Å²) in [5, 5.41) is 10.2. The third-order valence-corrected chi connectivity index (χ3v) is 6.70. The molecule has 4 aromatic rings. The normalized spacial score (nSPS) is 15.2. The van der Waals surface area contributed by atoms with Gasteiger partial charge < -0.3 is 24.9 Å². The summed E-state index contributed by atoms with van der Waals surface area (Å²) in [7, 11) is 4.02. The first kappa shape index (κ1) is 26.1. The molecule has 0 bridgehead atoms. The number of carbonyl (C=O) groups excluding carboxylic acids is 2. The van der Waals surface area contributed by atoms with Crippen molar-refractivity contribution in [2.24, 2.45) is 5.73 Å². The Hall–Kier alpha value is -5.56. The number of anilines is 1. The van der Waals surface area contributed by atoms with Crippen molar-refractivity contribution in [3.63, 3.8) is 0 Å². The van der Waals surface area contributed by atoms with Crippen molar-refractivity contribution in [2.75, 3.05) is 26.2 Å². The number of allylic oxidation sites excluding steroid dienone is 1. The molecule has 5 rings (SSSR count). The van der Waals surface area contributed by atoms with Crippen LogP contribution in [-0.4, -0.2) is 43.2 Å². The van der Waals surface area contributed by atoms with Crippen LogP contribution in [0, 0.1) is 11.3 Å². The van der Waals surface area contributed by atoms with E-state index in [9.17, 15) is 14.9 Å². The van der Waals surface area contributed by atoms with Gasteiger partial charge in [-0.3, -0.25) is 4.90 Å². The van der Waals surface area contributed by atoms with Gasteiger partial charge in [0.15, 0.2) is 0 Å². The maximum atomic E-state index is 13.2. The minimum atomic E-state index is -0.934. The number of benzene rings is 3. The fourth-order valence-corrected chi connectivity index (χ4v) is 4.80. The molecule has 0 radical (unpaired) electrons.